The number of rotatable bonds is 3. The third-order valence-corrected chi connectivity index (χ3v) is 5.55. The molecule has 130 valence electrons. The summed E-state index contributed by atoms with van der Waals surface area (Å²) < 4.78 is 7.30. The van der Waals surface area contributed by atoms with Crippen molar-refractivity contribution in [2.75, 3.05) is 13.2 Å². The number of fused-ring (bicyclic) bond motifs is 1. The highest BCUT2D eigenvalue weighted by Gasteiger charge is 2.24. The maximum Gasteiger partial charge on any atom is 0.275 e. The van der Waals surface area contributed by atoms with Gasteiger partial charge in [-0.3, -0.25) is 9.69 Å². The Labute approximate surface area is 150 Å². The fourth-order valence-corrected chi connectivity index (χ4v) is 3.99. The normalized spacial score (nSPS) is 21.7. The van der Waals surface area contributed by atoms with E-state index in [1.165, 1.54) is 0 Å². The lowest BCUT2D eigenvalue weighted by molar-refractivity contribution is -0.0627. The molecule has 25 heavy (non-hydrogen) atoms. The molecule has 0 bridgehead atoms. The first kappa shape index (κ1) is 16.4. The number of hydrogen-bond donors (Lipinski definition) is 0. The predicted octanol–water partition coefficient (Wildman–Crippen LogP) is 3.19. The molecule has 6 heteroatoms. The van der Waals surface area contributed by atoms with Crippen LogP contribution in [0.1, 0.15) is 13.8 Å². The van der Waals surface area contributed by atoms with Gasteiger partial charge in [-0.25, -0.2) is 4.68 Å². The van der Waals surface area contributed by atoms with E-state index in [1.807, 2.05) is 41.8 Å². The Morgan fingerprint density at radius 2 is 2.00 bits per heavy atom. The van der Waals surface area contributed by atoms with Crippen LogP contribution in [-0.4, -0.2) is 40.0 Å². The lowest BCUT2D eigenvalue weighted by Crippen LogP contribution is -2.49. The molecule has 3 heterocycles. The number of aromatic nitrogens is 2. The van der Waals surface area contributed by atoms with Crippen LogP contribution in [0.2, 0.25) is 0 Å². The second-order valence-electron chi connectivity index (χ2n) is 6.58. The van der Waals surface area contributed by atoms with E-state index < -0.39 is 0 Å². The van der Waals surface area contributed by atoms with Crippen molar-refractivity contribution in [3.05, 3.63) is 52.1 Å². The fourth-order valence-electron chi connectivity index (χ4n) is 3.27. The van der Waals surface area contributed by atoms with Crippen LogP contribution in [0.5, 0.6) is 0 Å². The predicted molar refractivity (Wildman–Crippen MR) is 101 cm³/mol. The van der Waals surface area contributed by atoms with Crippen LogP contribution in [-0.2, 0) is 11.4 Å². The summed E-state index contributed by atoms with van der Waals surface area (Å²) in [6.07, 6.45) is 0.170. The van der Waals surface area contributed by atoms with Crippen molar-refractivity contribution in [2.45, 2.75) is 32.7 Å². The lowest BCUT2D eigenvalue weighted by atomic mass is 10.1. The minimum absolute atomic E-state index is 0.0396. The smallest absolute Gasteiger partial charge is 0.275 e. The average Bonchev–Trinajstić information content (AvgIpc) is 3.15. The van der Waals surface area contributed by atoms with Gasteiger partial charge >= 0.3 is 0 Å². The summed E-state index contributed by atoms with van der Waals surface area (Å²) in [7, 11) is 0. The number of morpholine rings is 1. The van der Waals surface area contributed by atoms with E-state index in [9.17, 15) is 4.79 Å². The molecule has 0 saturated carbocycles. The maximum atomic E-state index is 13.0. The van der Waals surface area contributed by atoms with Gasteiger partial charge in [0.1, 0.15) is 5.69 Å². The molecule has 1 aromatic carbocycles. The van der Waals surface area contributed by atoms with E-state index in [1.54, 1.807) is 16.0 Å². The molecule has 1 saturated heterocycles. The minimum Gasteiger partial charge on any atom is -0.376 e. The summed E-state index contributed by atoms with van der Waals surface area (Å²) in [6, 6.07) is 12.1. The first-order valence-electron chi connectivity index (χ1n) is 8.53. The van der Waals surface area contributed by atoms with Gasteiger partial charge in [-0.05, 0) is 31.4 Å². The molecule has 1 fully saturated rings. The van der Waals surface area contributed by atoms with Crippen LogP contribution < -0.4 is 5.56 Å². The van der Waals surface area contributed by atoms with E-state index in [4.69, 9.17) is 9.84 Å². The van der Waals surface area contributed by atoms with Crippen LogP contribution in [0.15, 0.2) is 46.6 Å². The van der Waals surface area contributed by atoms with Gasteiger partial charge in [0.2, 0.25) is 0 Å². The Hall–Kier alpha value is -2.02. The van der Waals surface area contributed by atoms with Crippen molar-refractivity contribution in [1.82, 2.24) is 14.7 Å². The summed E-state index contributed by atoms with van der Waals surface area (Å²) in [5.74, 6) is 0. The van der Waals surface area contributed by atoms with Gasteiger partial charge in [-0.2, -0.15) is 5.10 Å². The Balaban J connectivity index is 1.81. The second-order valence-corrected chi connectivity index (χ2v) is 7.53. The van der Waals surface area contributed by atoms with Gasteiger partial charge in [-0.1, -0.05) is 24.3 Å². The van der Waals surface area contributed by atoms with Gasteiger partial charge in [0.15, 0.2) is 0 Å². The quantitative estimate of drug-likeness (QED) is 0.724. The molecule has 2 atom stereocenters. The summed E-state index contributed by atoms with van der Waals surface area (Å²) in [5, 5.41) is 8.39. The van der Waals surface area contributed by atoms with Crippen LogP contribution in [0.25, 0.3) is 21.3 Å². The van der Waals surface area contributed by atoms with E-state index in [0.717, 1.165) is 27.9 Å². The Morgan fingerprint density at radius 3 is 2.76 bits per heavy atom. The first-order valence-corrected chi connectivity index (χ1v) is 9.41. The van der Waals surface area contributed by atoms with E-state index in [0.29, 0.717) is 13.3 Å². The zero-order chi connectivity index (χ0) is 17.4. The standard InChI is InChI=1S/C19H21N3O2S/c1-13-11-24-14(2)10-21(13)12-22-19(23)16-7-4-3-6-15(16)18(20-22)17-8-5-9-25-17/h3-9,13-14H,10-12H2,1-2H3/t13-,14+/m0/s1. The number of hydrogen-bond acceptors (Lipinski definition) is 5. The largest absolute Gasteiger partial charge is 0.376 e. The molecular formula is C19H21N3O2S. The fraction of sp³-hybridized carbons (Fsp3) is 0.368. The SMILES string of the molecule is C[C@@H]1CN(Cn2nc(-c3cccs3)c3ccccc3c2=O)[C@@H](C)CO1. The molecule has 3 aromatic rings. The van der Waals surface area contributed by atoms with Crippen molar-refractivity contribution in [3.63, 3.8) is 0 Å². The number of nitrogens with zero attached hydrogens (tertiary/aromatic N) is 3. The Morgan fingerprint density at radius 1 is 1.20 bits per heavy atom. The molecule has 5 nitrogen and oxygen atoms in total. The highest BCUT2D eigenvalue weighted by Crippen LogP contribution is 2.28. The molecule has 0 spiro atoms. The molecule has 0 amide bonds. The van der Waals surface area contributed by atoms with Crippen molar-refractivity contribution < 1.29 is 4.74 Å². The van der Waals surface area contributed by atoms with E-state index in [2.05, 4.69) is 18.7 Å². The monoisotopic (exact) mass is 355 g/mol. The van der Waals surface area contributed by atoms with E-state index >= 15 is 0 Å². The van der Waals surface area contributed by atoms with Crippen molar-refractivity contribution in [3.8, 4) is 10.6 Å². The molecular weight excluding hydrogens is 334 g/mol. The number of benzene rings is 1. The Kier molecular flexibility index (Phi) is 4.41. The summed E-state index contributed by atoms with van der Waals surface area (Å²) in [5.41, 5.74) is 0.835. The number of ether oxygens (including phenoxy) is 1. The third-order valence-electron chi connectivity index (χ3n) is 4.67. The summed E-state index contributed by atoms with van der Waals surface area (Å²) >= 11 is 1.64. The highest BCUT2D eigenvalue weighted by atomic mass is 32.1. The Bertz CT molecular complexity index is 935. The molecule has 4 rings (SSSR count). The van der Waals surface area contributed by atoms with Crippen LogP contribution in [0.3, 0.4) is 0 Å². The molecule has 0 N–H and O–H groups in total. The average molecular weight is 355 g/mol. The highest BCUT2D eigenvalue weighted by molar-refractivity contribution is 7.13. The van der Waals surface area contributed by atoms with Gasteiger partial charge < -0.3 is 4.74 Å². The minimum atomic E-state index is -0.0396. The first-order chi connectivity index (χ1) is 12.1. The van der Waals surface area contributed by atoms with Crippen LogP contribution in [0.4, 0.5) is 0 Å². The molecule has 1 aliphatic heterocycles. The van der Waals surface area contributed by atoms with Crippen LogP contribution in [0, 0.1) is 0 Å². The van der Waals surface area contributed by atoms with Crippen molar-refractivity contribution in [2.24, 2.45) is 0 Å². The van der Waals surface area contributed by atoms with E-state index in [-0.39, 0.29) is 17.7 Å². The topological polar surface area (TPSA) is 47.4 Å². The third kappa shape index (κ3) is 3.13. The lowest BCUT2D eigenvalue weighted by Gasteiger charge is -2.36. The summed E-state index contributed by atoms with van der Waals surface area (Å²) in [4.78, 5) is 16.3. The van der Waals surface area contributed by atoms with Crippen molar-refractivity contribution >= 4 is 22.1 Å². The molecule has 1 aliphatic rings. The molecule has 0 unspecified atom stereocenters. The van der Waals surface area contributed by atoms with Gasteiger partial charge in [-0.15, -0.1) is 11.3 Å². The second kappa shape index (κ2) is 6.71. The molecule has 0 radical (unpaired) electrons. The van der Waals surface area contributed by atoms with Crippen molar-refractivity contribution in [1.29, 1.82) is 0 Å². The molecule has 0 aliphatic carbocycles. The maximum absolute atomic E-state index is 13.0. The summed E-state index contributed by atoms with van der Waals surface area (Å²) in [6.45, 7) is 6.15. The molecule has 2 aromatic heterocycles. The van der Waals surface area contributed by atoms with Gasteiger partial charge in [0.05, 0.1) is 29.6 Å². The number of thiophene rings is 1. The van der Waals surface area contributed by atoms with Gasteiger partial charge in [0.25, 0.3) is 5.56 Å². The zero-order valence-corrected chi connectivity index (χ0v) is 15.2. The van der Waals surface area contributed by atoms with Gasteiger partial charge in [0, 0.05) is 18.0 Å². The van der Waals surface area contributed by atoms with Crippen LogP contribution >= 0.6 is 11.3 Å². The zero-order valence-electron chi connectivity index (χ0n) is 14.4.